The molecule has 0 saturated carbocycles. The molecule has 128 valence electrons. The van der Waals surface area contributed by atoms with E-state index < -0.39 is 5.54 Å². The van der Waals surface area contributed by atoms with Gasteiger partial charge in [0, 0.05) is 18.1 Å². The molecule has 2 amide bonds. The van der Waals surface area contributed by atoms with Gasteiger partial charge in [-0.1, -0.05) is 60.7 Å². The molecule has 0 radical (unpaired) electrons. The van der Waals surface area contributed by atoms with Crippen molar-refractivity contribution in [1.82, 2.24) is 4.90 Å². The highest BCUT2D eigenvalue weighted by Gasteiger charge is 2.51. The summed E-state index contributed by atoms with van der Waals surface area (Å²) in [7, 11) is 1.76. The Morgan fingerprint density at radius 1 is 1.12 bits per heavy atom. The lowest BCUT2D eigenvalue weighted by Crippen LogP contribution is -2.46. The molecule has 1 N–H and O–H groups in total. The zero-order chi connectivity index (χ0) is 17.9. The van der Waals surface area contributed by atoms with Gasteiger partial charge in [-0.2, -0.15) is 0 Å². The quantitative estimate of drug-likeness (QED) is 0.671. The van der Waals surface area contributed by atoms with Crippen molar-refractivity contribution in [3.8, 4) is 0 Å². The summed E-state index contributed by atoms with van der Waals surface area (Å²) in [6, 6.07) is 13.7. The summed E-state index contributed by atoms with van der Waals surface area (Å²) in [5.41, 5.74) is 1.37. The molecule has 26 heavy (non-hydrogen) atoms. The van der Waals surface area contributed by atoms with Crippen molar-refractivity contribution >= 4 is 28.3 Å². The van der Waals surface area contributed by atoms with E-state index in [0.717, 1.165) is 28.5 Å². The van der Waals surface area contributed by atoms with E-state index in [1.807, 2.05) is 54.6 Å². The molecule has 0 fully saturated rings. The summed E-state index contributed by atoms with van der Waals surface area (Å²) < 4.78 is 0. The van der Waals surface area contributed by atoms with Crippen LogP contribution in [0, 0.1) is 5.92 Å². The fraction of sp³-hybridized carbons (Fsp3) is 0.182. The third-order valence-corrected chi connectivity index (χ3v) is 5.76. The lowest BCUT2D eigenvalue weighted by Gasteiger charge is -2.41. The Labute approximate surface area is 151 Å². The first kappa shape index (κ1) is 15.1. The first-order chi connectivity index (χ1) is 12.6. The largest absolute Gasteiger partial charge is 0.325 e. The fourth-order valence-corrected chi connectivity index (χ4v) is 4.34. The molecule has 2 bridgehead atoms. The molecule has 4 aliphatic rings. The standard InChI is InChI=1S/C22H18N2O2/c1-24-21(26)19(17-13-14-9-11-22(17,24)12-10-14)20(25)23-18-8-4-6-15-5-2-3-7-16(15)18/h2-12,14H,13H2,1H3,(H,23,25). The van der Waals surface area contributed by atoms with Crippen LogP contribution in [0.15, 0.2) is 77.9 Å². The minimum Gasteiger partial charge on any atom is -0.325 e. The topological polar surface area (TPSA) is 49.4 Å². The number of amides is 2. The third kappa shape index (κ3) is 1.90. The number of benzene rings is 2. The summed E-state index contributed by atoms with van der Waals surface area (Å²) in [6.07, 6.45) is 9.07. The first-order valence-corrected chi connectivity index (χ1v) is 8.80. The minimum absolute atomic E-state index is 0.213. The number of carbonyl (C=O) groups excluding carboxylic acids is 2. The van der Waals surface area contributed by atoms with Crippen LogP contribution in [0.2, 0.25) is 0 Å². The maximum atomic E-state index is 13.1. The number of nitrogens with one attached hydrogen (secondary N) is 1. The van der Waals surface area contributed by atoms with Gasteiger partial charge in [-0.3, -0.25) is 9.59 Å². The van der Waals surface area contributed by atoms with Gasteiger partial charge < -0.3 is 10.2 Å². The van der Waals surface area contributed by atoms with Crippen LogP contribution in [0.1, 0.15) is 6.42 Å². The predicted octanol–water partition coefficient (Wildman–Crippen LogP) is 3.43. The van der Waals surface area contributed by atoms with E-state index >= 15 is 0 Å². The smallest absolute Gasteiger partial charge is 0.261 e. The highest BCUT2D eigenvalue weighted by molar-refractivity contribution is 6.26. The highest BCUT2D eigenvalue weighted by atomic mass is 16.2. The number of hydrogen-bond acceptors (Lipinski definition) is 2. The van der Waals surface area contributed by atoms with Crippen LogP contribution in [-0.4, -0.2) is 29.3 Å². The van der Waals surface area contributed by atoms with Crippen LogP contribution in [0.3, 0.4) is 0 Å². The van der Waals surface area contributed by atoms with Gasteiger partial charge in [0.15, 0.2) is 0 Å². The Morgan fingerprint density at radius 2 is 1.85 bits per heavy atom. The molecule has 4 nitrogen and oxygen atoms in total. The van der Waals surface area contributed by atoms with E-state index in [2.05, 4.69) is 17.5 Å². The van der Waals surface area contributed by atoms with E-state index in [-0.39, 0.29) is 17.7 Å². The maximum Gasteiger partial charge on any atom is 0.261 e. The molecule has 3 aliphatic carbocycles. The Balaban J connectivity index is 1.58. The number of carbonyl (C=O) groups is 2. The number of fused-ring (bicyclic) bond motifs is 1. The molecule has 0 atom stereocenters. The molecular formula is C22H18N2O2. The molecule has 1 aliphatic heterocycles. The fourth-order valence-electron chi connectivity index (χ4n) is 4.34. The van der Waals surface area contributed by atoms with Crippen LogP contribution in [0.4, 0.5) is 5.69 Å². The van der Waals surface area contributed by atoms with Gasteiger partial charge in [0.05, 0.1) is 0 Å². The normalized spacial score (nSPS) is 26.0. The second-order valence-corrected chi connectivity index (χ2v) is 7.11. The Morgan fingerprint density at radius 3 is 2.65 bits per heavy atom. The second kappa shape index (κ2) is 5.18. The third-order valence-electron chi connectivity index (χ3n) is 5.76. The summed E-state index contributed by atoms with van der Waals surface area (Å²) in [5, 5.41) is 4.99. The van der Waals surface area contributed by atoms with Crippen molar-refractivity contribution in [2.75, 3.05) is 12.4 Å². The molecule has 1 spiro atoms. The summed E-state index contributed by atoms with van der Waals surface area (Å²) in [6.45, 7) is 0. The number of hydrogen-bond donors (Lipinski definition) is 1. The highest BCUT2D eigenvalue weighted by Crippen LogP contribution is 2.47. The van der Waals surface area contributed by atoms with Gasteiger partial charge in [0.2, 0.25) is 0 Å². The summed E-state index contributed by atoms with van der Waals surface area (Å²) in [4.78, 5) is 27.6. The maximum absolute atomic E-state index is 13.1. The van der Waals surface area contributed by atoms with Crippen LogP contribution >= 0.6 is 0 Å². The lowest BCUT2D eigenvalue weighted by molar-refractivity contribution is -0.128. The number of likely N-dealkylation sites (N-methyl/N-ethyl adjacent to an activating group) is 1. The number of anilines is 1. The van der Waals surface area contributed by atoms with Gasteiger partial charge in [0.25, 0.3) is 11.8 Å². The lowest BCUT2D eigenvalue weighted by atomic mass is 9.72. The Kier molecular flexibility index (Phi) is 3.02. The molecule has 1 heterocycles. The number of rotatable bonds is 2. The SMILES string of the molecule is CN1C(=O)C(C(=O)Nc2cccc3ccccc23)=C2CC3C=CC21C=C3. The van der Waals surface area contributed by atoms with Crippen LogP contribution in [0.5, 0.6) is 0 Å². The van der Waals surface area contributed by atoms with Crippen LogP contribution in [0.25, 0.3) is 10.8 Å². The van der Waals surface area contributed by atoms with Gasteiger partial charge >= 0.3 is 0 Å². The van der Waals surface area contributed by atoms with E-state index in [1.165, 1.54) is 0 Å². The molecular weight excluding hydrogens is 324 g/mol. The van der Waals surface area contributed by atoms with Crippen molar-refractivity contribution in [1.29, 1.82) is 0 Å². The summed E-state index contributed by atoms with van der Waals surface area (Å²) >= 11 is 0. The molecule has 0 saturated heterocycles. The predicted molar refractivity (Wildman–Crippen MR) is 101 cm³/mol. The summed E-state index contributed by atoms with van der Waals surface area (Å²) in [5.74, 6) is -0.263. The number of nitrogens with zero attached hydrogens (tertiary/aromatic N) is 1. The number of allylic oxidation sites excluding steroid dienone is 2. The molecule has 6 rings (SSSR count). The van der Waals surface area contributed by atoms with Crippen LogP contribution in [-0.2, 0) is 9.59 Å². The van der Waals surface area contributed by atoms with E-state index in [4.69, 9.17) is 0 Å². The monoisotopic (exact) mass is 342 g/mol. The Bertz CT molecular complexity index is 1040. The van der Waals surface area contributed by atoms with Gasteiger partial charge in [0.1, 0.15) is 11.1 Å². The van der Waals surface area contributed by atoms with Gasteiger partial charge in [-0.15, -0.1) is 0 Å². The average Bonchev–Trinajstić information content (AvgIpc) is 2.90. The molecule has 0 unspecified atom stereocenters. The Hall–Kier alpha value is -3.14. The van der Waals surface area contributed by atoms with Crippen molar-refractivity contribution in [2.24, 2.45) is 5.92 Å². The molecule has 2 aromatic carbocycles. The molecule has 0 aromatic heterocycles. The van der Waals surface area contributed by atoms with E-state index in [0.29, 0.717) is 5.57 Å². The zero-order valence-corrected chi connectivity index (χ0v) is 14.4. The van der Waals surface area contributed by atoms with Crippen molar-refractivity contribution in [3.63, 3.8) is 0 Å². The van der Waals surface area contributed by atoms with E-state index in [1.54, 1.807) is 11.9 Å². The van der Waals surface area contributed by atoms with E-state index in [9.17, 15) is 9.59 Å². The average molecular weight is 342 g/mol. The van der Waals surface area contributed by atoms with Crippen molar-refractivity contribution in [2.45, 2.75) is 12.0 Å². The minimum atomic E-state index is -0.558. The van der Waals surface area contributed by atoms with Crippen molar-refractivity contribution < 1.29 is 9.59 Å². The van der Waals surface area contributed by atoms with Gasteiger partial charge in [-0.25, -0.2) is 0 Å². The molecule has 2 aromatic rings. The zero-order valence-electron chi connectivity index (χ0n) is 14.4. The van der Waals surface area contributed by atoms with Gasteiger partial charge in [-0.05, 0) is 29.4 Å². The second-order valence-electron chi connectivity index (χ2n) is 7.11. The van der Waals surface area contributed by atoms with Crippen LogP contribution < -0.4 is 5.32 Å². The molecule has 4 heteroatoms. The van der Waals surface area contributed by atoms with Crippen molar-refractivity contribution in [3.05, 3.63) is 77.9 Å². The first-order valence-electron chi connectivity index (χ1n) is 8.80.